The van der Waals surface area contributed by atoms with E-state index < -0.39 is 0 Å². The quantitative estimate of drug-likeness (QED) is 0.792. The number of aliphatic hydroxyl groups excluding tert-OH is 1. The number of para-hydroxylation sites is 1. The van der Waals surface area contributed by atoms with Gasteiger partial charge in [0.2, 0.25) is 5.91 Å². The molecule has 1 N–H and O–H groups in total. The lowest BCUT2D eigenvalue weighted by molar-refractivity contribution is -0.120. The molecule has 0 aliphatic heterocycles. The first kappa shape index (κ1) is 16.7. The molecule has 1 aromatic rings. The van der Waals surface area contributed by atoms with Gasteiger partial charge in [0.25, 0.3) is 0 Å². The van der Waals surface area contributed by atoms with Crippen LogP contribution in [0, 0.1) is 0 Å². The molecule has 0 fully saturated rings. The Hall–Kier alpha value is -1.39. The van der Waals surface area contributed by atoms with E-state index in [-0.39, 0.29) is 12.5 Å². The zero-order valence-corrected chi connectivity index (χ0v) is 12.7. The number of aliphatic hydroxyl groups is 1. The fraction of sp³-hybridized carbons (Fsp3) is 0.562. The van der Waals surface area contributed by atoms with E-state index in [9.17, 15) is 4.79 Å². The van der Waals surface area contributed by atoms with Gasteiger partial charge in [-0.05, 0) is 39.3 Å². The maximum atomic E-state index is 12.5. The number of rotatable bonds is 8. The fourth-order valence-corrected chi connectivity index (χ4v) is 2.16. The van der Waals surface area contributed by atoms with Crippen molar-refractivity contribution in [2.24, 2.45) is 0 Å². The lowest BCUT2D eigenvalue weighted by Gasteiger charge is -2.29. The van der Waals surface area contributed by atoms with Gasteiger partial charge in [-0.3, -0.25) is 9.69 Å². The molecule has 4 nitrogen and oxygen atoms in total. The molecule has 0 bridgehead atoms. The van der Waals surface area contributed by atoms with Gasteiger partial charge in [0.05, 0.1) is 6.54 Å². The molecule has 0 saturated carbocycles. The summed E-state index contributed by atoms with van der Waals surface area (Å²) in [5, 5.41) is 8.94. The van der Waals surface area contributed by atoms with Crippen LogP contribution in [0.1, 0.15) is 27.2 Å². The summed E-state index contributed by atoms with van der Waals surface area (Å²) < 4.78 is 0. The lowest BCUT2D eigenvalue weighted by atomic mass is 10.2. The summed E-state index contributed by atoms with van der Waals surface area (Å²) in [5.41, 5.74) is 0.936. The number of likely N-dealkylation sites (N-methyl/N-ethyl adjacent to an activating group) is 1. The highest BCUT2D eigenvalue weighted by molar-refractivity contribution is 5.94. The van der Waals surface area contributed by atoms with Crippen LogP contribution in [0.4, 0.5) is 5.69 Å². The third-order valence-electron chi connectivity index (χ3n) is 3.36. The lowest BCUT2D eigenvalue weighted by Crippen LogP contribution is -2.43. The summed E-state index contributed by atoms with van der Waals surface area (Å²) in [6.45, 7) is 8.08. The molecule has 112 valence electrons. The summed E-state index contributed by atoms with van der Waals surface area (Å²) >= 11 is 0. The van der Waals surface area contributed by atoms with Crippen LogP contribution >= 0.6 is 0 Å². The predicted octanol–water partition coefficient (Wildman–Crippen LogP) is 2.13. The van der Waals surface area contributed by atoms with Crippen molar-refractivity contribution in [3.63, 3.8) is 0 Å². The summed E-state index contributed by atoms with van der Waals surface area (Å²) in [6.07, 6.45) is 0.697. The normalized spacial score (nSPS) is 11.1. The topological polar surface area (TPSA) is 43.8 Å². The number of amides is 1. The second kappa shape index (κ2) is 8.72. The van der Waals surface area contributed by atoms with Crippen LogP contribution in [0.5, 0.6) is 0 Å². The van der Waals surface area contributed by atoms with Crippen LogP contribution in [0.25, 0.3) is 0 Å². The monoisotopic (exact) mass is 278 g/mol. The smallest absolute Gasteiger partial charge is 0.241 e. The Morgan fingerprint density at radius 1 is 1.25 bits per heavy atom. The molecule has 0 aliphatic rings. The third-order valence-corrected chi connectivity index (χ3v) is 3.36. The highest BCUT2D eigenvalue weighted by Crippen LogP contribution is 2.14. The van der Waals surface area contributed by atoms with E-state index in [0.29, 0.717) is 25.6 Å². The predicted molar refractivity (Wildman–Crippen MR) is 82.9 cm³/mol. The second-order valence-electron chi connectivity index (χ2n) is 5.11. The minimum atomic E-state index is 0.102. The van der Waals surface area contributed by atoms with E-state index in [2.05, 4.69) is 18.7 Å². The average Bonchev–Trinajstić information content (AvgIpc) is 2.45. The molecule has 4 heteroatoms. The molecule has 0 saturated heterocycles. The molecule has 0 aromatic heterocycles. The molecule has 0 atom stereocenters. The maximum absolute atomic E-state index is 12.5. The van der Waals surface area contributed by atoms with E-state index in [0.717, 1.165) is 12.2 Å². The van der Waals surface area contributed by atoms with Gasteiger partial charge in [0.1, 0.15) is 0 Å². The van der Waals surface area contributed by atoms with Crippen molar-refractivity contribution < 1.29 is 9.90 Å². The first-order chi connectivity index (χ1) is 9.60. The van der Waals surface area contributed by atoms with Crippen molar-refractivity contribution in [1.29, 1.82) is 0 Å². The Morgan fingerprint density at radius 2 is 1.90 bits per heavy atom. The first-order valence-electron chi connectivity index (χ1n) is 7.30. The molecule has 0 heterocycles. The van der Waals surface area contributed by atoms with E-state index in [1.807, 2.05) is 37.3 Å². The molecule has 0 radical (unpaired) electrons. The summed E-state index contributed by atoms with van der Waals surface area (Å²) in [5.74, 6) is 0.102. The van der Waals surface area contributed by atoms with Crippen molar-refractivity contribution in [2.75, 3.05) is 31.1 Å². The highest BCUT2D eigenvalue weighted by atomic mass is 16.3. The van der Waals surface area contributed by atoms with Gasteiger partial charge in [-0.1, -0.05) is 18.2 Å². The van der Waals surface area contributed by atoms with Crippen LogP contribution in [0.2, 0.25) is 0 Å². The van der Waals surface area contributed by atoms with Crippen molar-refractivity contribution in [2.45, 2.75) is 33.2 Å². The molecule has 0 aliphatic carbocycles. The van der Waals surface area contributed by atoms with Gasteiger partial charge in [0, 0.05) is 31.4 Å². The van der Waals surface area contributed by atoms with E-state index >= 15 is 0 Å². The van der Waals surface area contributed by atoms with Gasteiger partial charge in [-0.15, -0.1) is 0 Å². The number of carbonyl (C=O) groups excluding carboxylic acids is 1. The van der Waals surface area contributed by atoms with Crippen LogP contribution in [0.15, 0.2) is 30.3 Å². The summed E-state index contributed by atoms with van der Waals surface area (Å²) in [4.78, 5) is 16.4. The van der Waals surface area contributed by atoms with Gasteiger partial charge < -0.3 is 10.0 Å². The van der Waals surface area contributed by atoms with E-state index in [1.54, 1.807) is 4.90 Å². The molecule has 0 spiro atoms. The standard InChI is InChI=1S/C16H26N2O2/c1-4-18(15-9-6-5-7-10-15)16(20)13-17(14(2)3)11-8-12-19/h5-7,9-10,14,19H,4,8,11-13H2,1-3H3. The largest absolute Gasteiger partial charge is 0.396 e. The number of anilines is 1. The Labute approximate surface area is 122 Å². The number of benzene rings is 1. The van der Waals surface area contributed by atoms with Crippen LogP contribution in [-0.2, 0) is 4.79 Å². The molecule has 1 amide bonds. The zero-order chi connectivity index (χ0) is 15.0. The Kier molecular flexibility index (Phi) is 7.26. The van der Waals surface area contributed by atoms with Crippen molar-refractivity contribution >= 4 is 11.6 Å². The van der Waals surface area contributed by atoms with Crippen LogP contribution in [0.3, 0.4) is 0 Å². The molecule has 0 unspecified atom stereocenters. The second-order valence-corrected chi connectivity index (χ2v) is 5.11. The Morgan fingerprint density at radius 3 is 2.40 bits per heavy atom. The summed E-state index contributed by atoms with van der Waals surface area (Å²) in [6, 6.07) is 10.0. The van der Waals surface area contributed by atoms with Crippen molar-refractivity contribution in [1.82, 2.24) is 4.90 Å². The highest BCUT2D eigenvalue weighted by Gasteiger charge is 2.19. The maximum Gasteiger partial charge on any atom is 0.241 e. The Bertz CT molecular complexity index is 393. The molecular formula is C16H26N2O2. The van der Waals surface area contributed by atoms with E-state index in [4.69, 9.17) is 5.11 Å². The summed E-state index contributed by atoms with van der Waals surface area (Å²) in [7, 11) is 0. The van der Waals surface area contributed by atoms with Crippen LogP contribution in [-0.4, -0.2) is 48.2 Å². The zero-order valence-electron chi connectivity index (χ0n) is 12.7. The number of hydrogen-bond acceptors (Lipinski definition) is 3. The van der Waals surface area contributed by atoms with Crippen molar-refractivity contribution in [3.8, 4) is 0 Å². The number of nitrogens with zero attached hydrogens (tertiary/aromatic N) is 2. The number of carbonyl (C=O) groups is 1. The van der Waals surface area contributed by atoms with Crippen molar-refractivity contribution in [3.05, 3.63) is 30.3 Å². The minimum Gasteiger partial charge on any atom is -0.396 e. The Balaban J connectivity index is 2.71. The fourth-order valence-electron chi connectivity index (χ4n) is 2.16. The van der Waals surface area contributed by atoms with Gasteiger partial charge in [-0.25, -0.2) is 0 Å². The third kappa shape index (κ3) is 4.94. The molecule has 1 aromatic carbocycles. The van der Waals surface area contributed by atoms with E-state index in [1.165, 1.54) is 0 Å². The minimum absolute atomic E-state index is 0.102. The SMILES string of the molecule is CCN(C(=O)CN(CCCO)C(C)C)c1ccccc1. The molecule has 1 rings (SSSR count). The van der Waals surface area contributed by atoms with Gasteiger partial charge in [0.15, 0.2) is 0 Å². The molecule has 20 heavy (non-hydrogen) atoms. The number of hydrogen-bond donors (Lipinski definition) is 1. The average molecular weight is 278 g/mol. The first-order valence-corrected chi connectivity index (χ1v) is 7.30. The van der Waals surface area contributed by atoms with Crippen LogP contribution < -0.4 is 4.90 Å². The molecular weight excluding hydrogens is 252 g/mol. The van der Waals surface area contributed by atoms with Gasteiger partial charge >= 0.3 is 0 Å². The van der Waals surface area contributed by atoms with Gasteiger partial charge in [-0.2, -0.15) is 0 Å².